The number of hydrogen-bond acceptors (Lipinski definition) is 3. The highest BCUT2D eigenvalue weighted by Gasteiger charge is 2.19. The zero-order valence-corrected chi connectivity index (χ0v) is 12.5. The van der Waals surface area contributed by atoms with Crippen molar-refractivity contribution in [3.8, 4) is 0 Å². The molecule has 0 bridgehead atoms. The second kappa shape index (κ2) is 10.0. The van der Waals surface area contributed by atoms with Gasteiger partial charge in [-0.15, -0.1) is 12.4 Å². The summed E-state index contributed by atoms with van der Waals surface area (Å²) in [5.41, 5.74) is 0. The molecule has 2 N–H and O–H groups in total. The van der Waals surface area contributed by atoms with Crippen LogP contribution < -0.4 is 10.6 Å². The Morgan fingerprint density at radius 2 is 2.24 bits per heavy atom. The second-order valence-electron chi connectivity index (χ2n) is 4.59. The predicted octanol–water partition coefficient (Wildman–Crippen LogP) is 2.20. The number of halogens is 1. The Bertz CT molecular complexity index is 217. The standard InChI is InChI=1S/C12H24N2OS.ClH/c1-10-9-11(6-7-13-10)14-12(15)5-3-4-8-16-2;/h10-11,13H,3-9H2,1-2H3,(H,14,15);1H. The summed E-state index contributed by atoms with van der Waals surface area (Å²) in [4.78, 5) is 11.6. The van der Waals surface area contributed by atoms with Crippen molar-refractivity contribution in [1.82, 2.24) is 10.6 Å². The van der Waals surface area contributed by atoms with E-state index in [-0.39, 0.29) is 18.3 Å². The first kappa shape index (κ1) is 17.1. The quantitative estimate of drug-likeness (QED) is 0.733. The van der Waals surface area contributed by atoms with Crippen LogP contribution in [0, 0.1) is 0 Å². The Morgan fingerprint density at radius 1 is 1.47 bits per heavy atom. The van der Waals surface area contributed by atoms with Crippen LogP contribution in [0.5, 0.6) is 0 Å². The van der Waals surface area contributed by atoms with E-state index in [1.807, 2.05) is 11.8 Å². The van der Waals surface area contributed by atoms with Crippen LogP contribution in [0.1, 0.15) is 39.0 Å². The van der Waals surface area contributed by atoms with Crippen molar-refractivity contribution in [1.29, 1.82) is 0 Å². The lowest BCUT2D eigenvalue weighted by Crippen LogP contribution is -2.46. The Morgan fingerprint density at radius 3 is 2.88 bits per heavy atom. The van der Waals surface area contributed by atoms with Crippen LogP contribution in [0.3, 0.4) is 0 Å². The van der Waals surface area contributed by atoms with Gasteiger partial charge in [0.15, 0.2) is 0 Å². The molecular weight excluding hydrogens is 256 g/mol. The van der Waals surface area contributed by atoms with E-state index < -0.39 is 0 Å². The zero-order valence-electron chi connectivity index (χ0n) is 10.8. The molecule has 2 atom stereocenters. The first-order chi connectivity index (χ1) is 7.72. The van der Waals surface area contributed by atoms with E-state index in [0.29, 0.717) is 18.5 Å². The molecule has 0 saturated carbocycles. The molecule has 1 aliphatic heterocycles. The summed E-state index contributed by atoms with van der Waals surface area (Å²) in [5.74, 6) is 1.40. The molecule has 5 heteroatoms. The molecule has 0 spiro atoms. The largest absolute Gasteiger partial charge is 0.353 e. The number of thioether (sulfide) groups is 1. The lowest BCUT2D eigenvalue weighted by Gasteiger charge is -2.28. The van der Waals surface area contributed by atoms with Crippen molar-refractivity contribution in [2.45, 2.75) is 51.1 Å². The first-order valence-corrected chi connectivity index (χ1v) is 7.63. The average molecular weight is 281 g/mol. The molecule has 0 aliphatic carbocycles. The lowest BCUT2D eigenvalue weighted by molar-refractivity contribution is -0.122. The summed E-state index contributed by atoms with van der Waals surface area (Å²) < 4.78 is 0. The molecule has 102 valence electrons. The van der Waals surface area contributed by atoms with Crippen molar-refractivity contribution in [3.63, 3.8) is 0 Å². The van der Waals surface area contributed by atoms with Gasteiger partial charge in [-0.05, 0) is 51.2 Å². The zero-order chi connectivity index (χ0) is 11.8. The number of unbranched alkanes of at least 4 members (excludes halogenated alkanes) is 1. The molecule has 0 aromatic carbocycles. The summed E-state index contributed by atoms with van der Waals surface area (Å²) in [6, 6.07) is 0.930. The van der Waals surface area contributed by atoms with Crippen molar-refractivity contribution in [3.05, 3.63) is 0 Å². The molecular formula is C12H25ClN2OS. The van der Waals surface area contributed by atoms with E-state index in [1.165, 1.54) is 0 Å². The van der Waals surface area contributed by atoms with E-state index in [9.17, 15) is 4.79 Å². The Hall–Kier alpha value is 0.0700. The highest BCUT2D eigenvalue weighted by molar-refractivity contribution is 7.98. The van der Waals surface area contributed by atoms with Crippen LogP contribution in [-0.4, -0.2) is 36.5 Å². The van der Waals surface area contributed by atoms with Gasteiger partial charge < -0.3 is 10.6 Å². The van der Waals surface area contributed by atoms with Crippen molar-refractivity contribution in [2.24, 2.45) is 0 Å². The van der Waals surface area contributed by atoms with Gasteiger partial charge >= 0.3 is 0 Å². The van der Waals surface area contributed by atoms with Gasteiger partial charge in [-0.2, -0.15) is 11.8 Å². The molecule has 1 heterocycles. The van der Waals surface area contributed by atoms with Gasteiger partial charge in [-0.25, -0.2) is 0 Å². The van der Waals surface area contributed by atoms with Gasteiger partial charge in [-0.3, -0.25) is 4.79 Å². The minimum atomic E-state index is 0. The molecule has 1 aliphatic rings. The summed E-state index contributed by atoms with van der Waals surface area (Å²) in [6.07, 6.45) is 7.11. The van der Waals surface area contributed by atoms with Crippen LogP contribution in [0.4, 0.5) is 0 Å². The first-order valence-electron chi connectivity index (χ1n) is 6.24. The van der Waals surface area contributed by atoms with Gasteiger partial charge in [0.1, 0.15) is 0 Å². The summed E-state index contributed by atoms with van der Waals surface area (Å²) in [6.45, 7) is 3.20. The third-order valence-electron chi connectivity index (χ3n) is 2.99. The predicted molar refractivity (Wildman–Crippen MR) is 78.1 cm³/mol. The van der Waals surface area contributed by atoms with Gasteiger partial charge in [0.05, 0.1) is 0 Å². The van der Waals surface area contributed by atoms with Crippen LogP contribution in [0.2, 0.25) is 0 Å². The van der Waals surface area contributed by atoms with E-state index in [1.54, 1.807) is 0 Å². The maximum Gasteiger partial charge on any atom is 0.220 e. The Kier molecular flexibility index (Phi) is 10.1. The van der Waals surface area contributed by atoms with Gasteiger partial charge in [0.2, 0.25) is 5.91 Å². The van der Waals surface area contributed by atoms with Gasteiger partial charge in [-0.1, -0.05) is 0 Å². The molecule has 1 saturated heterocycles. The second-order valence-corrected chi connectivity index (χ2v) is 5.58. The molecule has 1 rings (SSSR count). The molecule has 3 nitrogen and oxygen atoms in total. The highest BCUT2D eigenvalue weighted by Crippen LogP contribution is 2.09. The molecule has 2 unspecified atom stereocenters. The van der Waals surface area contributed by atoms with E-state index in [0.717, 1.165) is 38.0 Å². The lowest BCUT2D eigenvalue weighted by atomic mass is 10.0. The number of carbonyl (C=O) groups is 1. The monoisotopic (exact) mass is 280 g/mol. The molecule has 0 aromatic heterocycles. The fourth-order valence-electron chi connectivity index (χ4n) is 2.09. The minimum Gasteiger partial charge on any atom is -0.353 e. The number of hydrogen-bond donors (Lipinski definition) is 2. The minimum absolute atomic E-state index is 0. The smallest absolute Gasteiger partial charge is 0.220 e. The SMILES string of the molecule is CSCCCCC(=O)NC1CCNC(C)C1.Cl. The van der Waals surface area contributed by atoms with E-state index in [2.05, 4.69) is 23.8 Å². The van der Waals surface area contributed by atoms with Crippen molar-refractivity contribution < 1.29 is 4.79 Å². The fraction of sp³-hybridized carbons (Fsp3) is 0.917. The Balaban J connectivity index is 0.00000256. The number of rotatable bonds is 6. The summed E-state index contributed by atoms with van der Waals surface area (Å²) in [7, 11) is 0. The summed E-state index contributed by atoms with van der Waals surface area (Å²) in [5, 5.41) is 6.53. The molecule has 1 amide bonds. The van der Waals surface area contributed by atoms with Crippen LogP contribution >= 0.6 is 24.2 Å². The molecule has 1 fully saturated rings. The van der Waals surface area contributed by atoms with E-state index >= 15 is 0 Å². The molecule has 0 aromatic rings. The van der Waals surface area contributed by atoms with Gasteiger partial charge in [0, 0.05) is 18.5 Å². The van der Waals surface area contributed by atoms with Crippen molar-refractivity contribution in [2.75, 3.05) is 18.6 Å². The number of carbonyl (C=O) groups excluding carboxylic acids is 1. The van der Waals surface area contributed by atoms with Crippen LogP contribution in [0.25, 0.3) is 0 Å². The average Bonchev–Trinajstić information content (AvgIpc) is 2.24. The molecule has 17 heavy (non-hydrogen) atoms. The third kappa shape index (κ3) is 7.90. The normalized spacial score (nSPS) is 23.9. The van der Waals surface area contributed by atoms with Crippen LogP contribution in [-0.2, 0) is 4.79 Å². The van der Waals surface area contributed by atoms with Gasteiger partial charge in [0.25, 0.3) is 0 Å². The van der Waals surface area contributed by atoms with E-state index in [4.69, 9.17) is 0 Å². The molecule has 0 radical (unpaired) electrons. The Labute approximate surface area is 115 Å². The third-order valence-corrected chi connectivity index (χ3v) is 3.69. The fourth-order valence-corrected chi connectivity index (χ4v) is 2.59. The maximum atomic E-state index is 11.6. The number of piperidine rings is 1. The highest BCUT2D eigenvalue weighted by atomic mass is 35.5. The number of amides is 1. The number of nitrogens with one attached hydrogen (secondary N) is 2. The van der Waals surface area contributed by atoms with Crippen LogP contribution in [0.15, 0.2) is 0 Å². The maximum absolute atomic E-state index is 11.6. The summed E-state index contributed by atoms with van der Waals surface area (Å²) >= 11 is 1.85. The topological polar surface area (TPSA) is 41.1 Å². The van der Waals surface area contributed by atoms with Crippen molar-refractivity contribution >= 4 is 30.1 Å².